The van der Waals surface area contributed by atoms with E-state index in [1.807, 2.05) is 67.8 Å². The molecule has 6 rings (SSSR count). The van der Waals surface area contributed by atoms with Gasteiger partial charge in [0, 0.05) is 12.1 Å². The van der Waals surface area contributed by atoms with Gasteiger partial charge < -0.3 is 20.6 Å². The van der Waals surface area contributed by atoms with Crippen molar-refractivity contribution < 1.29 is 14.6 Å². The zero-order valence-corrected chi connectivity index (χ0v) is 27.9. The number of rotatable bonds is 7. The molecule has 0 bridgehead atoms. The Bertz CT molecular complexity index is 1830. The summed E-state index contributed by atoms with van der Waals surface area (Å²) in [6.45, 7) is 6.88. The van der Waals surface area contributed by atoms with Gasteiger partial charge in [-0.2, -0.15) is 0 Å². The maximum absolute atomic E-state index is 13.4. The van der Waals surface area contributed by atoms with Gasteiger partial charge in [-0.3, -0.25) is 14.6 Å². The minimum absolute atomic E-state index is 0.0560. The number of aliphatic imine (C=N–C) groups is 1. The van der Waals surface area contributed by atoms with Gasteiger partial charge in [0.2, 0.25) is 0 Å². The molecular formula is C35H41ClN8O3. The Balaban J connectivity index is 1.18. The molecule has 2 aliphatic rings. The topological polar surface area (TPSA) is 140 Å². The molecule has 0 saturated carbocycles. The van der Waals surface area contributed by atoms with E-state index < -0.39 is 11.4 Å². The van der Waals surface area contributed by atoms with Crippen LogP contribution in [0.4, 0.5) is 10.5 Å². The SMILES string of the molecule is CN1CCCC1c1nnc2ccc(OC3CCC(NC(=O)NC(CC(=N)C(C)(C)C)=Nc4ccc(O)c(Cl)c4)c4ccccc43)cn12. The van der Waals surface area contributed by atoms with Crippen molar-refractivity contribution in [3.8, 4) is 11.5 Å². The number of nitrogens with zero attached hydrogens (tertiary/aromatic N) is 5. The number of aromatic nitrogens is 3. The Morgan fingerprint density at radius 3 is 2.62 bits per heavy atom. The predicted octanol–water partition coefficient (Wildman–Crippen LogP) is 7.30. The number of carbonyl (C=O) groups is 1. The summed E-state index contributed by atoms with van der Waals surface area (Å²) in [4.78, 5) is 20.3. The van der Waals surface area contributed by atoms with Crippen molar-refractivity contribution in [1.29, 1.82) is 5.41 Å². The number of nitrogens with one attached hydrogen (secondary N) is 3. The standard InChI is InChI=1S/C35H41ClN8O3/c1-35(2,3)30(37)19-31(38-21-11-14-28(45)25(36)18-21)40-34(46)39-26-13-15-29(24-9-6-5-8-23(24)26)47-22-12-16-32-41-42-33(44(32)20-22)27-10-7-17-43(27)4/h5-6,8-9,11-12,14,16,18,20,26-27,29,37,45H,7,10,13,15,17,19H2,1-4H3,(H2,38,39,40,46). The lowest BCUT2D eigenvalue weighted by atomic mass is 9.85. The van der Waals surface area contributed by atoms with E-state index in [9.17, 15) is 9.90 Å². The molecule has 12 heteroatoms. The summed E-state index contributed by atoms with van der Waals surface area (Å²) in [5, 5.41) is 33.4. The van der Waals surface area contributed by atoms with Crippen LogP contribution >= 0.6 is 11.6 Å². The van der Waals surface area contributed by atoms with E-state index in [4.69, 9.17) is 21.7 Å². The highest BCUT2D eigenvalue weighted by Crippen LogP contribution is 2.39. The van der Waals surface area contributed by atoms with Crippen molar-refractivity contribution in [3.63, 3.8) is 0 Å². The van der Waals surface area contributed by atoms with E-state index in [1.54, 1.807) is 6.07 Å². The third-order valence-corrected chi connectivity index (χ3v) is 9.24. The molecule has 2 aromatic carbocycles. The van der Waals surface area contributed by atoms with Crippen molar-refractivity contribution in [3.05, 3.63) is 82.8 Å². The monoisotopic (exact) mass is 656 g/mol. The number of hydrogen-bond donors (Lipinski definition) is 4. The van der Waals surface area contributed by atoms with Gasteiger partial charge in [0.05, 0.1) is 29.0 Å². The molecule has 0 radical (unpaired) electrons. The van der Waals surface area contributed by atoms with Gasteiger partial charge in [0.25, 0.3) is 0 Å². The molecule has 11 nitrogen and oxygen atoms in total. The fourth-order valence-corrected chi connectivity index (χ4v) is 6.38. The summed E-state index contributed by atoms with van der Waals surface area (Å²) < 4.78 is 8.63. The maximum Gasteiger partial charge on any atom is 0.320 e. The Morgan fingerprint density at radius 1 is 1.11 bits per heavy atom. The molecule has 1 fully saturated rings. The lowest BCUT2D eigenvalue weighted by Crippen LogP contribution is -2.43. The fraction of sp³-hybridized carbons (Fsp3) is 0.400. The van der Waals surface area contributed by atoms with E-state index in [0.29, 0.717) is 30.1 Å². The number of amidine groups is 1. The van der Waals surface area contributed by atoms with Gasteiger partial charge in [-0.05, 0) is 86.1 Å². The third-order valence-electron chi connectivity index (χ3n) is 8.94. The average Bonchev–Trinajstić information content (AvgIpc) is 3.64. The highest BCUT2D eigenvalue weighted by molar-refractivity contribution is 6.32. The van der Waals surface area contributed by atoms with E-state index in [-0.39, 0.29) is 35.4 Å². The molecule has 2 amide bonds. The normalized spacial score (nSPS) is 20.2. The molecule has 3 heterocycles. The molecule has 3 atom stereocenters. The number of aromatic hydroxyl groups is 1. The number of benzene rings is 2. The average molecular weight is 657 g/mol. The largest absolute Gasteiger partial charge is 0.506 e. The van der Waals surface area contributed by atoms with Crippen LogP contribution in [0.2, 0.25) is 5.02 Å². The van der Waals surface area contributed by atoms with Crippen molar-refractivity contribution in [2.75, 3.05) is 13.6 Å². The molecular weight excluding hydrogens is 616 g/mol. The summed E-state index contributed by atoms with van der Waals surface area (Å²) in [6.07, 6.45) is 5.49. The van der Waals surface area contributed by atoms with Crippen LogP contribution in [0.15, 0.2) is 65.8 Å². The van der Waals surface area contributed by atoms with Crippen molar-refractivity contribution in [1.82, 2.24) is 30.1 Å². The number of likely N-dealkylation sites (tertiary alicyclic amines) is 1. The minimum atomic E-state index is -0.419. The zero-order valence-electron chi connectivity index (χ0n) is 27.1. The number of hydrogen-bond acceptors (Lipinski definition) is 8. The molecule has 2 aromatic heterocycles. The third kappa shape index (κ3) is 7.26. The molecule has 4 aromatic rings. The van der Waals surface area contributed by atoms with Crippen LogP contribution in [0, 0.1) is 10.8 Å². The Labute approximate surface area is 279 Å². The first-order valence-corrected chi connectivity index (χ1v) is 16.4. The summed E-state index contributed by atoms with van der Waals surface area (Å²) in [5.41, 5.74) is 3.27. The van der Waals surface area contributed by atoms with Crippen LogP contribution in [-0.4, -0.2) is 55.8 Å². The smallest absolute Gasteiger partial charge is 0.320 e. The minimum Gasteiger partial charge on any atom is -0.506 e. The second kappa shape index (κ2) is 13.3. The van der Waals surface area contributed by atoms with Gasteiger partial charge in [-0.15, -0.1) is 10.2 Å². The van der Waals surface area contributed by atoms with Gasteiger partial charge in [-0.25, -0.2) is 9.79 Å². The van der Waals surface area contributed by atoms with Crippen LogP contribution in [0.3, 0.4) is 0 Å². The number of phenolic OH excluding ortho intramolecular Hbond substituents is 1. The van der Waals surface area contributed by atoms with E-state index in [1.165, 1.54) is 12.1 Å². The predicted molar refractivity (Wildman–Crippen MR) is 183 cm³/mol. The molecule has 1 aliphatic carbocycles. The van der Waals surface area contributed by atoms with Crippen LogP contribution in [0.5, 0.6) is 11.5 Å². The number of phenols is 1. The highest BCUT2D eigenvalue weighted by Gasteiger charge is 2.31. The quantitative estimate of drug-likeness (QED) is 0.122. The van der Waals surface area contributed by atoms with E-state index in [2.05, 4.69) is 37.8 Å². The van der Waals surface area contributed by atoms with E-state index in [0.717, 1.165) is 47.7 Å². The van der Waals surface area contributed by atoms with Crippen molar-refractivity contribution >= 4 is 40.5 Å². The zero-order chi connectivity index (χ0) is 33.3. The first kappa shape index (κ1) is 32.5. The van der Waals surface area contributed by atoms with Crippen molar-refractivity contribution in [2.24, 2.45) is 10.4 Å². The molecule has 1 aliphatic heterocycles. The number of fused-ring (bicyclic) bond motifs is 2. The Hall–Kier alpha value is -4.48. The number of amides is 2. The molecule has 3 unspecified atom stereocenters. The van der Waals surface area contributed by atoms with Crippen LogP contribution < -0.4 is 15.4 Å². The summed E-state index contributed by atoms with van der Waals surface area (Å²) in [5.74, 6) is 1.92. The lowest BCUT2D eigenvalue weighted by molar-refractivity contribution is 0.171. The van der Waals surface area contributed by atoms with E-state index >= 15 is 0 Å². The second-order valence-corrected chi connectivity index (χ2v) is 13.8. The van der Waals surface area contributed by atoms with Crippen LogP contribution in [0.25, 0.3) is 5.65 Å². The molecule has 0 spiro atoms. The first-order chi connectivity index (χ1) is 22.5. The summed E-state index contributed by atoms with van der Waals surface area (Å²) in [7, 11) is 2.12. The fourth-order valence-electron chi connectivity index (χ4n) is 6.20. The van der Waals surface area contributed by atoms with Gasteiger partial charge in [-0.1, -0.05) is 56.6 Å². The molecule has 1 saturated heterocycles. The number of carbonyl (C=O) groups excluding carboxylic acids is 1. The second-order valence-electron chi connectivity index (χ2n) is 13.4. The van der Waals surface area contributed by atoms with Crippen LogP contribution in [0.1, 0.15) is 88.0 Å². The van der Waals surface area contributed by atoms with Gasteiger partial charge in [0.1, 0.15) is 23.4 Å². The molecule has 246 valence electrons. The van der Waals surface area contributed by atoms with Gasteiger partial charge in [0.15, 0.2) is 11.5 Å². The molecule has 4 N–H and O–H groups in total. The first-order valence-electron chi connectivity index (χ1n) is 16.0. The number of ether oxygens (including phenoxy) is 1. The number of pyridine rings is 1. The Kier molecular flexibility index (Phi) is 9.20. The highest BCUT2D eigenvalue weighted by atomic mass is 35.5. The summed E-state index contributed by atoms with van der Waals surface area (Å²) in [6, 6.07) is 16.0. The Morgan fingerprint density at radius 2 is 1.89 bits per heavy atom. The summed E-state index contributed by atoms with van der Waals surface area (Å²) >= 11 is 6.10. The molecule has 47 heavy (non-hydrogen) atoms. The maximum atomic E-state index is 13.4. The van der Waals surface area contributed by atoms with Gasteiger partial charge >= 0.3 is 6.03 Å². The lowest BCUT2D eigenvalue weighted by Gasteiger charge is -2.32. The van der Waals surface area contributed by atoms with Crippen LogP contribution in [-0.2, 0) is 0 Å². The number of halogens is 1. The number of urea groups is 1. The van der Waals surface area contributed by atoms with Crippen molar-refractivity contribution in [2.45, 2.75) is 71.1 Å².